The second-order valence-electron chi connectivity index (χ2n) is 5.39. The third-order valence-corrected chi connectivity index (χ3v) is 3.81. The molecule has 7 nitrogen and oxygen atoms in total. The van der Waals surface area contributed by atoms with Crippen LogP contribution in [0.5, 0.6) is 5.88 Å². The first-order valence-corrected chi connectivity index (χ1v) is 7.42. The summed E-state index contributed by atoms with van der Waals surface area (Å²) in [5.74, 6) is 1.40. The van der Waals surface area contributed by atoms with E-state index in [0.29, 0.717) is 11.9 Å². The predicted molar refractivity (Wildman–Crippen MR) is 82.5 cm³/mol. The smallest absolute Gasteiger partial charge is 0.218 e. The number of piperidine rings is 1. The molecule has 0 radical (unpaired) electrons. The first-order valence-electron chi connectivity index (χ1n) is 7.42. The molecule has 2 aromatic heterocycles. The fraction of sp³-hybridized carbons (Fsp3) is 0.467. The summed E-state index contributed by atoms with van der Waals surface area (Å²) in [6.45, 7) is 3.01. The van der Waals surface area contributed by atoms with E-state index in [9.17, 15) is 0 Å². The van der Waals surface area contributed by atoms with Crippen LogP contribution in [-0.2, 0) is 6.54 Å². The van der Waals surface area contributed by atoms with Crippen molar-refractivity contribution < 1.29 is 4.74 Å². The van der Waals surface area contributed by atoms with Gasteiger partial charge in [-0.3, -0.25) is 4.90 Å². The molecule has 0 amide bonds. The topological polar surface area (TPSA) is 76.1 Å². The van der Waals surface area contributed by atoms with E-state index in [4.69, 9.17) is 4.74 Å². The Labute approximate surface area is 129 Å². The van der Waals surface area contributed by atoms with Gasteiger partial charge in [-0.05, 0) is 12.8 Å². The molecule has 1 N–H and O–H groups in total. The van der Waals surface area contributed by atoms with Gasteiger partial charge in [0.25, 0.3) is 0 Å². The maximum absolute atomic E-state index is 5.12. The fourth-order valence-electron chi connectivity index (χ4n) is 2.64. The number of nitrogens with one attached hydrogen (secondary N) is 1. The highest BCUT2D eigenvalue weighted by molar-refractivity contribution is 5.38. The molecular formula is C15H20N6O. The van der Waals surface area contributed by atoms with Crippen LogP contribution < -0.4 is 10.1 Å². The number of rotatable bonds is 5. The van der Waals surface area contributed by atoms with Gasteiger partial charge in [0.05, 0.1) is 7.11 Å². The van der Waals surface area contributed by atoms with E-state index < -0.39 is 0 Å². The van der Waals surface area contributed by atoms with Crippen molar-refractivity contribution in [3.63, 3.8) is 0 Å². The largest absolute Gasteiger partial charge is 0.481 e. The monoisotopic (exact) mass is 300 g/mol. The molecular weight excluding hydrogens is 280 g/mol. The molecule has 0 bridgehead atoms. The molecule has 2 aromatic rings. The van der Waals surface area contributed by atoms with Crippen molar-refractivity contribution >= 4 is 5.82 Å². The van der Waals surface area contributed by atoms with Crippen molar-refractivity contribution in [2.75, 3.05) is 25.5 Å². The van der Waals surface area contributed by atoms with Crippen LogP contribution in [0.3, 0.4) is 0 Å². The van der Waals surface area contributed by atoms with Gasteiger partial charge in [0, 0.05) is 49.7 Å². The average molecular weight is 300 g/mol. The molecule has 0 unspecified atom stereocenters. The van der Waals surface area contributed by atoms with Gasteiger partial charge < -0.3 is 10.1 Å². The quantitative estimate of drug-likeness (QED) is 0.893. The summed E-state index contributed by atoms with van der Waals surface area (Å²) >= 11 is 0. The zero-order valence-electron chi connectivity index (χ0n) is 12.6. The molecule has 0 atom stereocenters. The molecule has 22 heavy (non-hydrogen) atoms. The summed E-state index contributed by atoms with van der Waals surface area (Å²) in [5.41, 5.74) is 1.16. The molecule has 3 heterocycles. The lowest BCUT2D eigenvalue weighted by atomic mass is 10.0. The van der Waals surface area contributed by atoms with Gasteiger partial charge in [0.1, 0.15) is 18.5 Å². The maximum Gasteiger partial charge on any atom is 0.218 e. The van der Waals surface area contributed by atoms with Crippen LogP contribution in [0, 0.1) is 0 Å². The van der Waals surface area contributed by atoms with Crippen molar-refractivity contribution in [2.45, 2.75) is 25.4 Å². The zero-order valence-corrected chi connectivity index (χ0v) is 12.6. The van der Waals surface area contributed by atoms with E-state index in [1.54, 1.807) is 13.4 Å². The summed E-state index contributed by atoms with van der Waals surface area (Å²) in [6.07, 6.45) is 9.01. The van der Waals surface area contributed by atoms with Crippen LogP contribution in [0.2, 0.25) is 0 Å². The third kappa shape index (κ3) is 3.88. The van der Waals surface area contributed by atoms with Crippen molar-refractivity contribution in [3.05, 3.63) is 36.7 Å². The highest BCUT2D eigenvalue weighted by Crippen LogP contribution is 2.18. The first-order chi connectivity index (χ1) is 10.8. The first kappa shape index (κ1) is 14.6. The lowest BCUT2D eigenvalue weighted by Crippen LogP contribution is -2.38. The van der Waals surface area contributed by atoms with Gasteiger partial charge >= 0.3 is 0 Å². The summed E-state index contributed by atoms with van der Waals surface area (Å²) in [5, 5.41) is 3.46. The molecule has 3 rings (SSSR count). The lowest BCUT2D eigenvalue weighted by Gasteiger charge is -2.32. The molecule has 7 heteroatoms. The van der Waals surface area contributed by atoms with Gasteiger partial charge in [-0.1, -0.05) is 0 Å². The molecule has 116 valence electrons. The number of methoxy groups -OCH3 is 1. The minimum Gasteiger partial charge on any atom is -0.481 e. The van der Waals surface area contributed by atoms with E-state index in [1.807, 2.05) is 18.5 Å². The molecule has 1 saturated heterocycles. The molecule has 0 saturated carbocycles. The Balaban J connectivity index is 1.49. The van der Waals surface area contributed by atoms with Crippen molar-refractivity contribution in [1.29, 1.82) is 0 Å². The second kappa shape index (κ2) is 7.13. The van der Waals surface area contributed by atoms with Crippen LogP contribution >= 0.6 is 0 Å². The third-order valence-electron chi connectivity index (χ3n) is 3.81. The standard InChI is InChI=1S/C15H20N6O/c1-22-15-6-14(18-11-19-15)20-13-2-4-21(5-3-13)9-12-7-16-10-17-8-12/h6-8,10-11,13H,2-5,9H2,1H3,(H,18,19,20). The van der Waals surface area contributed by atoms with Crippen LogP contribution in [-0.4, -0.2) is 51.1 Å². The Morgan fingerprint density at radius 1 is 1.18 bits per heavy atom. The fourth-order valence-corrected chi connectivity index (χ4v) is 2.64. The number of nitrogens with zero attached hydrogens (tertiary/aromatic N) is 5. The Hall–Kier alpha value is -2.28. The van der Waals surface area contributed by atoms with E-state index in [0.717, 1.165) is 43.9 Å². The van der Waals surface area contributed by atoms with E-state index in [2.05, 4.69) is 30.2 Å². The van der Waals surface area contributed by atoms with Crippen molar-refractivity contribution in [1.82, 2.24) is 24.8 Å². The van der Waals surface area contributed by atoms with E-state index in [-0.39, 0.29) is 0 Å². The van der Waals surface area contributed by atoms with E-state index >= 15 is 0 Å². The molecule has 1 aliphatic heterocycles. The molecule has 1 aliphatic rings. The SMILES string of the molecule is COc1cc(NC2CCN(Cc3cncnc3)CC2)ncn1. The van der Waals surface area contributed by atoms with Crippen molar-refractivity contribution in [2.24, 2.45) is 0 Å². The number of hydrogen-bond donors (Lipinski definition) is 1. The summed E-state index contributed by atoms with van der Waals surface area (Å²) in [7, 11) is 1.61. The highest BCUT2D eigenvalue weighted by atomic mass is 16.5. The number of ether oxygens (including phenoxy) is 1. The van der Waals surface area contributed by atoms with E-state index in [1.165, 1.54) is 6.33 Å². The van der Waals surface area contributed by atoms with Crippen LogP contribution in [0.15, 0.2) is 31.1 Å². The Morgan fingerprint density at radius 3 is 2.68 bits per heavy atom. The van der Waals surface area contributed by atoms with Crippen molar-refractivity contribution in [3.8, 4) is 5.88 Å². The van der Waals surface area contributed by atoms with Gasteiger partial charge in [-0.25, -0.2) is 19.9 Å². The molecule has 0 spiro atoms. The molecule has 1 fully saturated rings. The summed E-state index contributed by atoms with van der Waals surface area (Å²) in [6, 6.07) is 2.26. The van der Waals surface area contributed by atoms with Gasteiger partial charge in [-0.2, -0.15) is 0 Å². The number of aromatic nitrogens is 4. The Morgan fingerprint density at radius 2 is 1.95 bits per heavy atom. The predicted octanol–water partition coefficient (Wildman–Crippen LogP) is 1.35. The summed E-state index contributed by atoms with van der Waals surface area (Å²) < 4.78 is 5.12. The minimum atomic E-state index is 0.433. The Kier molecular flexibility index (Phi) is 4.75. The molecule has 0 aliphatic carbocycles. The van der Waals surface area contributed by atoms with Gasteiger partial charge in [-0.15, -0.1) is 0 Å². The Bertz CT molecular complexity index is 586. The number of anilines is 1. The average Bonchev–Trinajstić information content (AvgIpc) is 2.58. The maximum atomic E-state index is 5.12. The van der Waals surface area contributed by atoms with Crippen LogP contribution in [0.25, 0.3) is 0 Å². The van der Waals surface area contributed by atoms with Gasteiger partial charge in [0.15, 0.2) is 0 Å². The molecule has 0 aromatic carbocycles. The number of likely N-dealkylation sites (tertiary alicyclic amines) is 1. The summed E-state index contributed by atoms with van der Waals surface area (Å²) in [4.78, 5) is 18.8. The lowest BCUT2D eigenvalue weighted by molar-refractivity contribution is 0.210. The van der Waals surface area contributed by atoms with Crippen LogP contribution in [0.4, 0.5) is 5.82 Å². The van der Waals surface area contributed by atoms with Gasteiger partial charge in [0.2, 0.25) is 5.88 Å². The zero-order chi connectivity index (χ0) is 15.2. The normalized spacial score (nSPS) is 16.4. The van der Waals surface area contributed by atoms with Crippen LogP contribution in [0.1, 0.15) is 18.4 Å². The minimum absolute atomic E-state index is 0.433. The number of hydrogen-bond acceptors (Lipinski definition) is 7. The second-order valence-corrected chi connectivity index (χ2v) is 5.39. The highest BCUT2D eigenvalue weighted by Gasteiger charge is 2.19.